The van der Waals surface area contributed by atoms with Gasteiger partial charge in [0.05, 0.1) is 18.2 Å². The molecular formula is C37H63N3O6. The van der Waals surface area contributed by atoms with Crippen LogP contribution in [0.1, 0.15) is 125 Å². The molecule has 1 aliphatic rings. The second-order valence-electron chi connectivity index (χ2n) is 14.9. The highest BCUT2D eigenvalue weighted by atomic mass is 16.6. The Labute approximate surface area is 278 Å². The molecule has 1 aromatic carbocycles. The van der Waals surface area contributed by atoms with E-state index in [0.717, 1.165) is 44.1 Å². The molecule has 6 atom stereocenters. The molecule has 3 amide bonds. The molecule has 9 heteroatoms. The van der Waals surface area contributed by atoms with Gasteiger partial charge in [0.2, 0.25) is 11.8 Å². The van der Waals surface area contributed by atoms with Gasteiger partial charge in [-0.15, -0.1) is 0 Å². The standard InChI is InChI=1S/C37H63N3O6/c1-8-9-20-32(41)26(4)22-33(42)29(23-27-16-12-10-13-17-27)38-34(43)30(21-25(2)3)39-35(44)31(24-28-18-14-11-15-19-28)40-36(45)46-37(5,6)7/h11,14-15,18-19,25-27,29-33,41-42H,8-10,12-13,16-17,20-24H2,1-7H3,(H,38,43)(H,39,44)(H,40,45)/t26-,29+,30?,31?,32?,33+/m1/s1. The van der Waals surface area contributed by atoms with E-state index in [1.807, 2.05) is 51.1 Å². The summed E-state index contributed by atoms with van der Waals surface area (Å²) in [5.74, 6) is -0.445. The molecule has 3 unspecified atom stereocenters. The summed E-state index contributed by atoms with van der Waals surface area (Å²) in [6.45, 7) is 13.3. The Kier molecular flexibility index (Phi) is 17.1. The Bertz CT molecular complexity index is 1040. The number of rotatable bonds is 18. The summed E-state index contributed by atoms with van der Waals surface area (Å²) < 4.78 is 5.44. The highest BCUT2D eigenvalue weighted by Gasteiger charge is 2.33. The van der Waals surface area contributed by atoms with Crippen LogP contribution in [0, 0.1) is 17.8 Å². The number of unbranched alkanes of at least 4 members (excludes halogenated alkanes) is 1. The van der Waals surface area contributed by atoms with Crippen LogP contribution < -0.4 is 16.0 Å². The van der Waals surface area contributed by atoms with Gasteiger partial charge in [-0.2, -0.15) is 0 Å². The third-order valence-electron chi connectivity index (χ3n) is 8.86. The van der Waals surface area contributed by atoms with Gasteiger partial charge in [-0.1, -0.05) is 103 Å². The maximum atomic E-state index is 13.9. The second kappa shape index (κ2) is 19.9. The SMILES string of the molecule is CCCCC(O)[C@H](C)C[C@H](O)[C@H](CC1CCCCC1)NC(=O)C(CC(C)C)NC(=O)C(Cc1ccccc1)NC(=O)OC(C)(C)C. The van der Waals surface area contributed by atoms with Crippen molar-refractivity contribution in [2.75, 3.05) is 0 Å². The largest absolute Gasteiger partial charge is 0.444 e. The maximum absolute atomic E-state index is 13.9. The predicted octanol–water partition coefficient (Wildman–Crippen LogP) is 6.05. The van der Waals surface area contributed by atoms with Crippen molar-refractivity contribution in [2.24, 2.45) is 17.8 Å². The first-order valence-electron chi connectivity index (χ1n) is 17.7. The minimum Gasteiger partial charge on any atom is -0.444 e. The van der Waals surface area contributed by atoms with Crippen molar-refractivity contribution in [1.82, 2.24) is 16.0 Å². The third-order valence-corrected chi connectivity index (χ3v) is 8.86. The molecule has 262 valence electrons. The number of carbonyl (C=O) groups excluding carboxylic acids is 3. The molecule has 5 N–H and O–H groups in total. The van der Waals surface area contributed by atoms with Crippen LogP contribution in [0.25, 0.3) is 0 Å². The quantitative estimate of drug-likeness (QED) is 0.132. The number of hydrogen-bond donors (Lipinski definition) is 5. The fraction of sp³-hybridized carbons (Fsp3) is 0.757. The molecule has 2 rings (SSSR count). The van der Waals surface area contributed by atoms with E-state index in [-0.39, 0.29) is 24.2 Å². The van der Waals surface area contributed by atoms with Crippen molar-refractivity contribution in [2.45, 2.75) is 161 Å². The van der Waals surface area contributed by atoms with E-state index in [1.165, 1.54) is 6.42 Å². The smallest absolute Gasteiger partial charge is 0.408 e. The van der Waals surface area contributed by atoms with Gasteiger partial charge in [0, 0.05) is 6.42 Å². The van der Waals surface area contributed by atoms with E-state index >= 15 is 0 Å². The fourth-order valence-corrected chi connectivity index (χ4v) is 6.26. The first-order chi connectivity index (χ1) is 21.7. The molecule has 0 aliphatic heterocycles. The van der Waals surface area contributed by atoms with Crippen LogP contribution in [0.4, 0.5) is 4.79 Å². The Balaban J connectivity index is 2.24. The van der Waals surface area contributed by atoms with E-state index in [0.29, 0.717) is 31.6 Å². The number of amides is 3. The van der Waals surface area contributed by atoms with Crippen LogP contribution in [-0.4, -0.2) is 64.1 Å². The summed E-state index contributed by atoms with van der Waals surface area (Å²) in [6.07, 6.45) is 7.85. The van der Waals surface area contributed by atoms with Crippen LogP contribution >= 0.6 is 0 Å². The van der Waals surface area contributed by atoms with E-state index in [1.54, 1.807) is 20.8 Å². The average molecular weight is 646 g/mol. The third kappa shape index (κ3) is 15.3. The van der Waals surface area contributed by atoms with Gasteiger partial charge in [-0.3, -0.25) is 9.59 Å². The van der Waals surface area contributed by atoms with Gasteiger partial charge in [-0.25, -0.2) is 4.79 Å². The molecule has 0 bridgehead atoms. The zero-order valence-electron chi connectivity index (χ0n) is 29.5. The van der Waals surface area contributed by atoms with Crippen LogP contribution in [0.5, 0.6) is 0 Å². The number of aliphatic hydroxyl groups is 2. The lowest BCUT2D eigenvalue weighted by Crippen LogP contribution is -2.57. The lowest BCUT2D eigenvalue weighted by molar-refractivity contribution is -0.131. The second-order valence-corrected chi connectivity index (χ2v) is 14.9. The molecule has 9 nitrogen and oxygen atoms in total. The Hall–Kier alpha value is -2.65. The lowest BCUT2D eigenvalue weighted by Gasteiger charge is -2.33. The molecule has 0 aromatic heterocycles. The van der Waals surface area contributed by atoms with Crippen molar-refractivity contribution in [3.8, 4) is 0 Å². The number of alkyl carbamates (subject to hydrolysis) is 1. The molecular weight excluding hydrogens is 582 g/mol. The van der Waals surface area contributed by atoms with Gasteiger partial charge in [0.1, 0.15) is 17.7 Å². The van der Waals surface area contributed by atoms with Crippen LogP contribution in [0.2, 0.25) is 0 Å². The molecule has 0 radical (unpaired) electrons. The lowest BCUT2D eigenvalue weighted by atomic mass is 9.82. The van der Waals surface area contributed by atoms with Gasteiger partial charge in [-0.05, 0) is 69.8 Å². The number of hydrogen-bond acceptors (Lipinski definition) is 6. The summed E-state index contributed by atoms with van der Waals surface area (Å²) in [4.78, 5) is 40.4. The van der Waals surface area contributed by atoms with Gasteiger partial charge >= 0.3 is 6.09 Å². The molecule has 0 saturated heterocycles. The normalized spacial score (nSPS) is 18.1. The average Bonchev–Trinajstić information content (AvgIpc) is 2.98. The van der Waals surface area contributed by atoms with E-state index in [4.69, 9.17) is 4.74 Å². The predicted molar refractivity (Wildman–Crippen MR) is 183 cm³/mol. The summed E-state index contributed by atoms with van der Waals surface area (Å²) in [5.41, 5.74) is 0.116. The molecule has 1 fully saturated rings. The summed E-state index contributed by atoms with van der Waals surface area (Å²) in [6, 6.07) is 7.06. The highest BCUT2D eigenvalue weighted by molar-refractivity contribution is 5.91. The molecule has 0 heterocycles. The fourth-order valence-electron chi connectivity index (χ4n) is 6.26. The van der Waals surface area contributed by atoms with Crippen molar-refractivity contribution >= 4 is 17.9 Å². The summed E-state index contributed by atoms with van der Waals surface area (Å²) in [5, 5.41) is 30.9. The van der Waals surface area contributed by atoms with E-state index < -0.39 is 47.9 Å². The van der Waals surface area contributed by atoms with Crippen molar-refractivity contribution < 1.29 is 29.3 Å². The zero-order valence-corrected chi connectivity index (χ0v) is 29.5. The highest BCUT2D eigenvalue weighted by Crippen LogP contribution is 2.29. The molecule has 46 heavy (non-hydrogen) atoms. The number of benzene rings is 1. The number of ether oxygens (including phenoxy) is 1. The topological polar surface area (TPSA) is 137 Å². The van der Waals surface area contributed by atoms with Gasteiger partial charge in [0.15, 0.2) is 0 Å². The van der Waals surface area contributed by atoms with E-state index in [2.05, 4.69) is 22.9 Å². The van der Waals surface area contributed by atoms with Gasteiger partial charge < -0.3 is 30.9 Å². The summed E-state index contributed by atoms with van der Waals surface area (Å²) in [7, 11) is 0. The van der Waals surface area contributed by atoms with Crippen LogP contribution in [-0.2, 0) is 20.7 Å². The molecule has 0 spiro atoms. The van der Waals surface area contributed by atoms with Crippen LogP contribution in [0.3, 0.4) is 0 Å². The first-order valence-corrected chi connectivity index (χ1v) is 17.7. The van der Waals surface area contributed by atoms with Crippen molar-refractivity contribution in [1.29, 1.82) is 0 Å². The Morgan fingerprint density at radius 1 is 0.870 bits per heavy atom. The summed E-state index contributed by atoms with van der Waals surface area (Å²) >= 11 is 0. The zero-order chi connectivity index (χ0) is 34.3. The number of carbonyl (C=O) groups is 3. The number of aliphatic hydroxyl groups excluding tert-OH is 2. The monoisotopic (exact) mass is 645 g/mol. The van der Waals surface area contributed by atoms with Crippen LogP contribution in [0.15, 0.2) is 30.3 Å². The maximum Gasteiger partial charge on any atom is 0.408 e. The Morgan fingerprint density at radius 2 is 1.50 bits per heavy atom. The number of nitrogens with one attached hydrogen (secondary N) is 3. The van der Waals surface area contributed by atoms with Crippen molar-refractivity contribution in [3.05, 3.63) is 35.9 Å². The van der Waals surface area contributed by atoms with E-state index in [9.17, 15) is 24.6 Å². The molecule has 1 aromatic rings. The van der Waals surface area contributed by atoms with Gasteiger partial charge in [0.25, 0.3) is 0 Å². The molecule has 1 aliphatic carbocycles. The first kappa shape index (κ1) is 39.5. The minimum absolute atomic E-state index is 0.0953. The van der Waals surface area contributed by atoms with Crippen molar-refractivity contribution in [3.63, 3.8) is 0 Å². The molecule has 1 saturated carbocycles. The Morgan fingerprint density at radius 3 is 2.09 bits per heavy atom. The minimum atomic E-state index is -0.964.